The van der Waals surface area contributed by atoms with Gasteiger partial charge in [-0.2, -0.15) is 5.26 Å². The zero-order valence-corrected chi connectivity index (χ0v) is 17.6. The Morgan fingerprint density at radius 2 is 2.03 bits per heavy atom. The SMILES string of the molecule is COc1ccc(C#N)cc1/C=C/C(=O)N[C@H](CO)CN1CC(C(=O)c2ccc(F)cc2)C1. The minimum absolute atomic E-state index is 0.0395. The maximum absolute atomic E-state index is 13.0. The molecule has 1 heterocycles. The molecular weight excluding hydrogens is 413 g/mol. The summed E-state index contributed by atoms with van der Waals surface area (Å²) in [6.45, 7) is 1.17. The van der Waals surface area contributed by atoms with Gasteiger partial charge in [-0.3, -0.25) is 14.5 Å². The van der Waals surface area contributed by atoms with Crippen LogP contribution in [0.1, 0.15) is 21.5 Å². The molecule has 0 aliphatic carbocycles. The van der Waals surface area contributed by atoms with Crippen LogP contribution in [-0.2, 0) is 4.79 Å². The van der Waals surface area contributed by atoms with Crippen LogP contribution in [0.5, 0.6) is 5.75 Å². The van der Waals surface area contributed by atoms with E-state index in [9.17, 15) is 19.1 Å². The third kappa shape index (κ3) is 5.78. The van der Waals surface area contributed by atoms with Gasteiger partial charge in [-0.25, -0.2) is 4.39 Å². The normalized spacial score (nSPS) is 15.1. The van der Waals surface area contributed by atoms with E-state index >= 15 is 0 Å². The fourth-order valence-corrected chi connectivity index (χ4v) is 3.54. The van der Waals surface area contributed by atoms with E-state index in [1.54, 1.807) is 24.3 Å². The average Bonchev–Trinajstić information content (AvgIpc) is 2.78. The molecule has 1 amide bonds. The summed E-state index contributed by atoms with van der Waals surface area (Å²) in [6, 6.07) is 11.9. The van der Waals surface area contributed by atoms with E-state index in [2.05, 4.69) is 5.32 Å². The number of nitrogens with one attached hydrogen (secondary N) is 1. The second kappa shape index (κ2) is 10.7. The number of amides is 1. The lowest BCUT2D eigenvalue weighted by atomic mass is 9.90. The molecule has 2 aromatic rings. The van der Waals surface area contributed by atoms with E-state index in [1.807, 2.05) is 11.0 Å². The number of methoxy groups -OCH3 is 1. The van der Waals surface area contributed by atoms with Gasteiger partial charge < -0.3 is 15.2 Å². The third-order valence-corrected chi connectivity index (χ3v) is 5.28. The number of rotatable bonds is 9. The zero-order valence-electron chi connectivity index (χ0n) is 17.6. The molecule has 0 spiro atoms. The molecule has 3 rings (SSSR count). The van der Waals surface area contributed by atoms with Gasteiger partial charge in [-0.05, 0) is 48.5 Å². The third-order valence-electron chi connectivity index (χ3n) is 5.28. The van der Waals surface area contributed by atoms with Crippen molar-refractivity contribution in [2.45, 2.75) is 6.04 Å². The van der Waals surface area contributed by atoms with Gasteiger partial charge in [0, 0.05) is 42.8 Å². The maximum Gasteiger partial charge on any atom is 0.244 e. The molecule has 0 saturated carbocycles. The number of benzene rings is 2. The van der Waals surface area contributed by atoms with Crippen molar-refractivity contribution in [1.29, 1.82) is 5.26 Å². The number of hydrogen-bond acceptors (Lipinski definition) is 6. The number of nitriles is 1. The maximum atomic E-state index is 13.0. The van der Waals surface area contributed by atoms with E-state index in [1.165, 1.54) is 37.5 Å². The molecule has 0 aromatic heterocycles. The highest BCUT2D eigenvalue weighted by atomic mass is 19.1. The van der Waals surface area contributed by atoms with E-state index in [-0.39, 0.29) is 24.1 Å². The molecule has 0 bridgehead atoms. The van der Waals surface area contributed by atoms with Crippen molar-refractivity contribution in [2.24, 2.45) is 5.92 Å². The standard InChI is InChI=1S/C24H24FN3O4/c1-32-22-8-2-16(11-26)10-18(22)5-9-23(30)27-21(15-29)14-28-12-19(13-28)24(31)17-3-6-20(25)7-4-17/h2-10,19,21,29H,12-15H2,1H3,(H,27,30)/b9-5+/t21-/m0/s1. The molecule has 166 valence electrons. The Hall–Kier alpha value is -3.54. The van der Waals surface area contributed by atoms with E-state index in [0.717, 1.165) is 0 Å². The van der Waals surface area contributed by atoms with Crippen LogP contribution in [0.2, 0.25) is 0 Å². The topological polar surface area (TPSA) is 103 Å². The van der Waals surface area contributed by atoms with Gasteiger partial charge >= 0.3 is 0 Å². The molecule has 1 atom stereocenters. The smallest absolute Gasteiger partial charge is 0.244 e. The van der Waals surface area contributed by atoms with Crippen molar-refractivity contribution in [3.8, 4) is 11.8 Å². The van der Waals surface area contributed by atoms with E-state index in [4.69, 9.17) is 10.00 Å². The Morgan fingerprint density at radius 3 is 2.66 bits per heavy atom. The van der Waals surface area contributed by atoms with Crippen molar-refractivity contribution in [3.63, 3.8) is 0 Å². The second-order valence-corrected chi connectivity index (χ2v) is 7.58. The predicted octanol–water partition coefficient (Wildman–Crippen LogP) is 2.01. The number of hydrogen-bond donors (Lipinski definition) is 2. The van der Waals surface area contributed by atoms with Crippen LogP contribution in [0.3, 0.4) is 0 Å². The number of Topliss-reactive ketones (excluding diaryl/α,β-unsaturated/α-hetero) is 1. The lowest BCUT2D eigenvalue weighted by molar-refractivity contribution is -0.117. The highest BCUT2D eigenvalue weighted by molar-refractivity contribution is 5.98. The summed E-state index contributed by atoms with van der Waals surface area (Å²) in [7, 11) is 1.50. The fourth-order valence-electron chi connectivity index (χ4n) is 3.54. The first-order valence-electron chi connectivity index (χ1n) is 10.1. The Bertz CT molecular complexity index is 1040. The molecule has 0 radical (unpaired) electrons. The monoisotopic (exact) mass is 437 g/mol. The highest BCUT2D eigenvalue weighted by Crippen LogP contribution is 2.22. The zero-order chi connectivity index (χ0) is 23.1. The minimum atomic E-state index is -0.499. The number of aliphatic hydroxyl groups is 1. The summed E-state index contributed by atoms with van der Waals surface area (Å²) in [5.74, 6) is -0.474. The van der Waals surface area contributed by atoms with Crippen LogP contribution in [0, 0.1) is 23.1 Å². The van der Waals surface area contributed by atoms with E-state index in [0.29, 0.717) is 42.1 Å². The van der Waals surface area contributed by atoms with Crippen LogP contribution in [0.25, 0.3) is 6.08 Å². The molecule has 8 heteroatoms. The van der Waals surface area contributed by atoms with Gasteiger partial charge in [0.15, 0.2) is 5.78 Å². The average molecular weight is 437 g/mol. The Labute approximate surface area is 185 Å². The van der Waals surface area contributed by atoms with E-state index < -0.39 is 11.9 Å². The molecule has 0 unspecified atom stereocenters. The molecule has 32 heavy (non-hydrogen) atoms. The molecule has 1 aliphatic rings. The van der Waals surface area contributed by atoms with Gasteiger partial charge in [0.2, 0.25) is 5.91 Å². The number of ketones is 1. The number of ether oxygens (including phenoxy) is 1. The van der Waals surface area contributed by atoms with Gasteiger partial charge in [0.1, 0.15) is 11.6 Å². The fraction of sp³-hybridized carbons (Fsp3) is 0.292. The number of carbonyl (C=O) groups excluding carboxylic acids is 2. The number of halogens is 1. The Morgan fingerprint density at radius 1 is 1.31 bits per heavy atom. The summed E-state index contributed by atoms with van der Waals surface area (Å²) >= 11 is 0. The van der Waals surface area contributed by atoms with Crippen LogP contribution >= 0.6 is 0 Å². The molecular formula is C24H24FN3O4. The van der Waals surface area contributed by atoms with Crippen LogP contribution < -0.4 is 10.1 Å². The van der Waals surface area contributed by atoms with Crippen molar-refractivity contribution in [3.05, 3.63) is 71.0 Å². The van der Waals surface area contributed by atoms with Crippen molar-refractivity contribution in [2.75, 3.05) is 33.4 Å². The highest BCUT2D eigenvalue weighted by Gasteiger charge is 2.34. The van der Waals surface area contributed by atoms with Crippen molar-refractivity contribution in [1.82, 2.24) is 10.2 Å². The van der Waals surface area contributed by atoms with Gasteiger partial charge in [0.05, 0.1) is 31.4 Å². The number of nitrogens with zero attached hydrogens (tertiary/aromatic N) is 2. The van der Waals surface area contributed by atoms with Gasteiger partial charge in [-0.1, -0.05) is 0 Å². The second-order valence-electron chi connectivity index (χ2n) is 7.58. The summed E-state index contributed by atoms with van der Waals surface area (Å²) in [5.41, 5.74) is 1.51. The Kier molecular flexibility index (Phi) is 7.71. The van der Waals surface area contributed by atoms with Crippen LogP contribution in [0.15, 0.2) is 48.5 Å². The lowest BCUT2D eigenvalue weighted by Crippen LogP contribution is -2.56. The van der Waals surface area contributed by atoms with Crippen molar-refractivity contribution < 1.29 is 23.8 Å². The summed E-state index contributed by atoms with van der Waals surface area (Å²) < 4.78 is 18.3. The first-order chi connectivity index (χ1) is 15.4. The summed E-state index contributed by atoms with van der Waals surface area (Å²) in [6.07, 6.45) is 2.86. The number of carbonyl (C=O) groups is 2. The van der Waals surface area contributed by atoms with Crippen LogP contribution in [-0.4, -0.2) is 61.1 Å². The quantitative estimate of drug-likeness (QED) is 0.460. The largest absolute Gasteiger partial charge is 0.496 e. The number of aliphatic hydroxyl groups excluding tert-OH is 1. The first-order valence-corrected chi connectivity index (χ1v) is 10.1. The molecule has 1 saturated heterocycles. The van der Waals surface area contributed by atoms with Gasteiger partial charge in [-0.15, -0.1) is 0 Å². The van der Waals surface area contributed by atoms with Crippen molar-refractivity contribution >= 4 is 17.8 Å². The molecule has 7 nitrogen and oxygen atoms in total. The predicted molar refractivity (Wildman–Crippen MR) is 116 cm³/mol. The molecule has 2 N–H and O–H groups in total. The molecule has 1 fully saturated rings. The summed E-state index contributed by atoms with van der Waals surface area (Å²) in [5, 5.41) is 21.4. The molecule has 1 aliphatic heterocycles. The molecule has 2 aromatic carbocycles. The first kappa shape index (κ1) is 23.1. The van der Waals surface area contributed by atoms with Crippen LogP contribution in [0.4, 0.5) is 4.39 Å². The Balaban J connectivity index is 1.50. The minimum Gasteiger partial charge on any atom is -0.496 e. The lowest BCUT2D eigenvalue weighted by Gasteiger charge is -2.40. The summed E-state index contributed by atoms with van der Waals surface area (Å²) in [4.78, 5) is 26.7. The number of likely N-dealkylation sites (tertiary alicyclic amines) is 1. The van der Waals surface area contributed by atoms with Gasteiger partial charge in [0.25, 0.3) is 0 Å².